The Balaban J connectivity index is 1.66. The zero-order valence-electron chi connectivity index (χ0n) is 18.0. The molecule has 0 unspecified atom stereocenters. The van der Waals surface area contributed by atoms with Crippen LogP contribution in [0.25, 0.3) is 55.6 Å². The fourth-order valence-electron chi connectivity index (χ4n) is 5.94. The van der Waals surface area contributed by atoms with Crippen LogP contribution in [0.15, 0.2) is 83.4 Å². The van der Waals surface area contributed by atoms with Crippen LogP contribution in [0, 0.1) is 0 Å². The van der Waals surface area contributed by atoms with Crippen LogP contribution in [0.4, 0.5) is 0 Å². The average molecular weight is 473 g/mol. The summed E-state index contributed by atoms with van der Waals surface area (Å²) in [4.78, 5) is 0. The van der Waals surface area contributed by atoms with Crippen LogP contribution in [0.2, 0.25) is 0 Å². The number of benzene rings is 5. The van der Waals surface area contributed by atoms with Crippen LogP contribution in [0.5, 0.6) is 0 Å². The lowest BCUT2D eigenvalue weighted by molar-refractivity contribution is 0.662. The third-order valence-corrected chi connectivity index (χ3v) is 7.66. The summed E-state index contributed by atoms with van der Waals surface area (Å²) in [5.41, 5.74) is 5.47. The zero-order chi connectivity index (χ0) is 21.6. The Hall–Kier alpha value is -3.16. The molecule has 0 N–H and O–H groups in total. The predicted molar refractivity (Wildman–Crippen MR) is 142 cm³/mol. The highest BCUT2D eigenvalue weighted by atomic mass is 79.9. The van der Waals surface area contributed by atoms with Crippen molar-refractivity contribution >= 4 is 60.4 Å². The van der Waals surface area contributed by atoms with E-state index in [1.165, 1.54) is 65.0 Å². The van der Waals surface area contributed by atoms with E-state index in [0.717, 1.165) is 4.48 Å². The number of fused-ring (bicyclic) bond motifs is 11. The number of hydrogen-bond acceptors (Lipinski definition) is 0. The molecule has 0 amide bonds. The molecule has 0 fully saturated rings. The van der Waals surface area contributed by atoms with E-state index < -0.39 is 0 Å². The summed E-state index contributed by atoms with van der Waals surface area (Å²) < 4.78 is 1.16. The van der Waals surface area contributed by atoms with Gasteiger partial charge in [0.1, 0.15) is 0 Å². The lowest BCUT2D eigenvalue weighted by atomic mass is 9.76. The van der Waals surface area contributed by atoms with E-state index in [1.807, 2.05) is 0 Å². The highest BCUT2D eigenvalue weighted by Gasteiger charge is 2.29. The maximum atomic E-state index is 3.73. The second-order valence-corrected chi connectivity index (χ2v) is 10.5. The lowest BCUT2D eigenvalue weighted by Crippen LogP contribution is -2.30. The van der Waals surface area contributed by atoms with Crippen molar-refractivity contribution in [1.29, 1.82) is 0 Å². The molecule has 2 aliphatic carbocycles. The van der Waals surface area contributed by atoms with Gasteiger partial charge in [0.05, 0.1) is 0 Å². The minimum atomic E-state index is -0.0376. The van der Waals surface area contributed by atoms with Gasteiger partial charge in [0, 0.05) is 9.90 Å². The van der Waals surface area contributed by atoms with Crippen molar-refractivity contribution in [3.05, 3.63) is 105 Å². The Morgan fingerprint density at radius 1 is 0.625 bits per heavy atom. The molecule has 152 valence electrons. The SMILES string of the molecule is CC1(C)C=C(Br)C=c2ccc3c(c21)-c1cc2c4ccccc4c4ccccc4c2cc1C=3. The van der Waals surface area contributed by atoms with Crippen LogP contribution in [-0.2, 0) is 5.41 Å². The van der Waals surface area contributed by atoms with Crippen molar-refractivity contribution in [1.82, 2.24) is 0 Å². The van der Waals surface area contributed by atoms with Gasteiger partial charge in [-0.1, -0.05) is 96.5 Å². The molecule has 1 heteroatoms. The second-order valence-electron chi connectivity index (χ2n) is 9.61. The van der Waals surface area contributed by atoms with Gasteiger partial charge in [-0.3, -0.25) is 0 Å². The standard InChI is InChI=1S/C31H21Br/c1-31(2)17-21(32)14-19-12-11-18-13-20-15-27-24-9-5-3-7-22(24)23-8-4-6-10-25(23)28(27)16-26(20)29(18)30(19)31/h3-17H,1-2H3. The molecule has 0 spiro atoms. The van der Waals surface area contributed by atoms with Gasteiger partial charge in [-0.05, 0) is 89.3 Å². The molecule has 5 aromatic carbocycles. The molecule has 0 saturated heterocycles. The van der Waals surface area contributed by atoms with E-state index in [-0.39, 0.29) is 5.41 Å². The summed E-state index contributed by atoms with van der Waals surface area (Å²) in [5, 5.41) is 10.6. The Bertz CT molecular complexity index is 1800. The monoisotopic (exact) mass is 472 g/mol. The molecule has 7 rings (SSSR count). The summed E-state index contributed by atoms with van der Waals surface area (Å²) in [5.74, 6) is 0. The van der Waals surface area contributed by atoms with Gasteiger partial charge in [-0.25, -0.2) is 0 Å². The fourth-order valence-corrected chi connectivity index (χ4v) is 6.76. The van der Waals surface area contributed by atoms with E-state index >= 15 is 0 Å². The minimum Gasteiger partial charge on any atom is -0.0616 e. The fraction of sp³-hybridized carbons (Fsp3) is 0.0968. The minimum absolute atomic E-state index is 0.0376. The van der Waals surface area contributed by atoms with Crippen LogP contribution >= 0.6 is 15.9 Å². The Labute approximate surface area is 195 Å². The summed E-state index contributed by atoms with van der Waals surface area (Å²) in [6, 6.07) is 27.1. The molecule has 0 aliphatic heterocycles. The summed E-state index contributed by atoms with van der Waals surface area (Å²) >= 11 is 3.73. The predicted octanol–water partition coefficient (Wildman–Crippen LogP) is 7.31. The Morgan fingerprint density at radius 3 is 1.84 bits per heavy atom. The van der Waals surface area contributed by atoms with Crippen LogP contribution in [0.1, 0.15) is 25.0 Å². The van der Waals surface area contributed by atoms with Gasteiger partial charge in [0.25, 0.3) is 0 Å². The smallest absolute Gasteiger partial charge is 0.0150 e. The van der Waals surface area contributed by atoms with E-state index in [0.29, 0.717) is 0 Å². The van der Waals surface area contributed by atoms with Gasteiger partial charge < -0.3 is 0 Å². The Kier molecular flexibility index (Phi) is 3.57. The van der Waals surface area contributed by atoms with Crippen molar-refractivity contribution in [2.75, 3.05) is 0 Å². The average Bonchev–Trinajstić information content (AvgIpc) is 3.14. The molecule has 0 nitrogen and oxygen atoms in total. The van der Waals surface area contributed by atoms with E-state index in [2.05, 4.69) is 121 Å². The largest absolute Gasteiger partial charge is 0.0616 e. The van der Waals surface area contributed by atoms with Gasteiger partial charge in [0.2, 0.25) is 0 Å². The van der Waals surface area contributed by atoms with Crippen molar-refractivity contribution < 1.29 is 0 Å². The van der Waals surface area contributed by atoms with Crippen molar-refractivity contribution in [2.45, 2.75) is 19.3 Å². The van der Waals surface area contributed by atoms with Crippen molar-refractivity contribution in [3.63, 3.8) is 0 Å². The highest BCUT2D eigenvalue weighted by Crippen LogP contribution is 2.42. The third-order valence-electron chi connectivity index (χ3n) is 7.20. The number of allylic oxidation sites excluding steroid dienone is 2. The Morgan fingerprint density at radius 2 is 1.19 bits per heavy atom. The molecular formula is C31H21Br. The molecule has 0 aromatic heterocycles. The molecule has 0 saturated carbocycles. The number of halogens is 1. The van der Waals surface area contributed by atoms with Crippen molar-refractivity contribution in [2.24, 2.45) is 0 Å². The first-order valence-corrected chi connectivity index (χ1v) is 11.9. The normalized spacial score (nSPS) is 15.7. The molecule has 0 heterocycles. The molecule has 0 atom stereocenters. The first-order chi connectivity index (χ1) is 15.5. The topological polar surface area (TPSA) is 0 Å². The first-order valence-electron chi connectivity index (χ1n) is 11.1. The molecule has 0 radical (unpaired) electrons. The number of hydrogen-bond donors (Lipinski definition) is 0. The quantitative estimate of drug-likeness (QED) is 0.203. The maximum absolute atomic E-state index is 3.73. The number of rotatable bonds is 0. The van der Waals surface area contributed by atoms with Gasteiger partial charge >= 0.3 is 0 Å². The molecular weight excluding hydrogens is 452 g/mol. The van der Waals surface area contributed by atoms with E-state index in [4.69, 9.17) is 0 Å². The summed E-state index contributed by atoms with van der Waals surface area (Å²) in [6.45, 7) is 4.64. The van der Waals surface area contributed by atoms with Crippen LogP contribution < -0.4 is 10.4 Å². The highest BCUT2D eigenvalue weighted by molar-refractivity contribution is 9.12. The van der Waals surface area contributed by atoms with Crippen LogP contribution in [0.3, 0.4) is 0 Å². The molecule has 0 bridgehead atoms. The van der Waals surface area contributed by atoms with Crippen molar-refractivity contribution in [3.8, 4) is 11.1 Å². The molecule has 2 aliphatic rings. The van der Waals surface area contributed by atoms with E-state index in [9.17, 15) is 0 Å². The van der Waals surface area contributed by atoms with E-state index in [1.54, 1.807) is 0 Å². The second kappa shape index (κ2) is 6.21. The summed E-state index contributed by atoms with van der Waals surface area (Å²) in [7, 11) is 0. The molecule has 32 heavy (non-hydrogen) atoms. The molecule has 5 aromatic rings. The first kappa shape index (κ1) is 18.4. The van der Waals surface area contributed by atoms with Crippen LogP contribution in [-0.4, -0.2) is 0 Å². The van der Waals surface area contributed by atoms with Gasteiger partial charge in [-0.2, -0.15) is 0 Å². The maximum Gasteiger partial charge on any atom is 0.0150 e. The van der Waals surface area contributed by atoms with Gasteiger partial charge in [0.15, 0.2) is 0 Å². The summed E-state index contributed by atoms with van der Waals surface area (Å²) in [6.07, 6.45) is 6.96. The third kappa shape index (κ3) is 2.38. The lowest BCUT2D eigenvalue weighted by Gasteiger charge is -2.28. The van der Waals surface area contributed by atoms with Gasteiger partial charge in [-0.15, -0.1) is 0 Å². The zero-order valence-corrected chi connectivity index (χ0v) is 19.6.